The summed E-state index contributed by atoms with van der Waals surface area (Å²) in [5.41, 5.74) is 4.75. The Labute approximate surface area is 543 Å². The summed E-state index contributed by atoms with van der Waals surface area (Å²) in [6, 6.07) is 31.1. The number of nitrogens with zero attached hydrogens (tertiary/aromatic N) is 6. The van der Waals surface area contributed by atoms with E-state index in [0.29, 0.717) is 80.6 Å². The van der Waals surface area contributed by atoms with Crippen molar-refractivity contribution >= 4 is 104 Å². The van der Waals surface area contributed by atoms with Crippen LogP contribution in [0.3, 0.4) is 0 Å². The number of fused-ring (bicyclic) bond motifs is 14. The standard InChI is InChI=1S/C32H27Cl2FN4O3.C31H25Cl2FN4O3.2CH4.Na.H2O/c1-42-30(40)17-7-10-24-23(13-17)36-29-26-25(11-12-38(24)29)39(15-16-5-6-16)32(27(26)19-3-2-4-21(34)28(19)35)20-9-8-18(33)14-22(20)37-31(32)41;32-17-7-8-19-21(13-17)36-30(41)31(19)26(18-2-1-3-20(33)27(18)34)25-24(38(31)14-15-4-5-15)10-11-37-23-9-6-16(29(39)40)12-22(23)35-28(25)37;;;;/h2-4,7-10,13-14,16,25-27H,5-6,11-12,15H2,1H3,(H,37,41);1-3,6-9,12-13,15,24-26H,4-5,10-11,14H2,(H,36,41)(H,39,40);2*1H4;;1H2/q;;;;+1;/p-1/t25-,26+,27-,32+;24-,25+,26-,31+;;;;/m00..../s1. The SMILES string of the molecule is C.C.COC(=O)c1ccc2c(c1)nc1n2CC[C@H]2[C@@H]1[C@H](c1cccc(Cl)c1F)[C@]1(C(=O)Nc3cc(Cl)ccc31)N2CC1CC1.O=C(O)c1ccc2c(c1)nc1n2CC[C@H]2[C@@H]1[C@H](c1cccc(Cl)c1F)[C@]1(C(=O)Nc3cc(Cl)ccc31)N2CC1CC1.[Na+].[OH-]. The van der Waals surface area contributed by atoms with Gasteiger partial charge in [0.05, 0.1) is 50.3 Å². The van der Waals surface area contributed by atoms with Crippen LogP contribution in [-0.2, 0) is 38.5 Å². The minimum atomic E-state index is -1.21. The van der Waals surface area contributed by atoms with Crippen LogP contribution in [0, 0.1) is 23.5 Å². The number of methoxy groups -OCH3 is 1. The number of nitrogens with one attached hydrogen (secondary N) is 2. The van der Waals surface area contributed by atoms with Gasteiger partial charge in [-0.15, -0.1) is 0 Å². The quantitative estimate of drug-likeness (QED) is 0.0968. The van der Waals surface area contributed by atoms with E-state index in [4.69, 9.17) is 61.1 Å². The second-order valence-corrected chi connectivity index (χ2v) is 25.2. The van der Waals surface area contributed by atoms with Crippen LogP contribution in [0.25, 0.3) is 22.1 Å². The number of carboxylic acids is 1. The maximum Gasteiger partial charge on any atom is 1.00 e. The van der Waals surface area contributed by atoms with Crippen LogP contribution in [-0.4, -0.2) is 95.5 Å². The van der Waals surface area contributed by atoms with Crippen molar-refractivity contribution in [1.82, 2.24) is 28.9 Å². The van der Waals surface area contributed by atoms with Crippen LogP contribution < -0.4 is 40.2 Å². The van der Waals surface area contributed by atoms with Gasteiger partial charge in [-0.2, -0.15) is 0 Å². The molecule has 0 bridgehead atoms. The Morgan fingerprint density at radius 3 is 1.46 bits per heavy atom. The monoisotopic (exact) mass is 1270 g/mol. The number of aromatic nitrogens is 4. The van der Waals surface area contributed by atoms with Gasteiger partial charge >= 0.3 is 41.5 Å². The molecular weight excluding hydrogens is 1210 g/mol. The molecule has 6 aromatic carbocycles. The molecule has 4 fully saturated rings. The Hall–Kier alpha value is -5.96. The molecule has 2 amide bonds. The Bertz CT molecular complexity index is 4160. The van der Waals surface area contributed by atoms with E-state index in [0.717, 1.165) is 78.9 Å². The normalized spacial score (nSPS) is 25.3. The number of ether oxygens (including phenoxy) is 1. The van der Waals surface area contributed by atoms with Gasteiger partial charge in [-0.25, -0.2) is 28.3 Å². The van der Waals surface area contributed by atoms with Crippen LogP contribution >= 0.6 is 46.4 Å². The van der Waals surface area contributed by atoms with Gasteiger partial charge in [0, 0.05) is 94.5 Å². The van der Waals surface area contributed by atoms with Gasteiger partial charge in [0.25, 0.3) is 0 Å². The number of esters is 1. The van der Waals surface area contributed by atoms with Crippen LogP contribution in [0.4, 0.5) is 20.2 Å². The van der Waals surface area contributed by atoms with Crippen molar-refractivity contribution in [3.8, 4) is 0 Å². The van der Waals surface area contributed by atoms with Crippen LogP contribution in [0.5, 0.6) is 0 Å². The van der Waals surface area contributed by atoms with Crippen LogP contribution in [0.15, 0.2) is 109 Å². The number of carbonyl (C=O) groups is 4. The molecule has 2 saturated heterocycles. The van der Waals surface area contributed by atoms with E-state index in [1.54, 1.807) is 78.9 Å². The fraction of sp³-hybridized carbons (Fsp3) is 0.354. The molecule has 87 heavy (non-hydrogen) atoms. The molecule has 6 aliphatic heterocycles. The summed E-state index contributed by atoms with van der Waals surface area (Å²) in [7, 11) is 1.35. The van der Waals surface area contributed by atoms with Crippen LogP contribution in [0.1, 0.15) is 132 Å². The van der Waals surface area contributed by atoms with Crippen LogP contribution in [0.2, 0.25) is 20.1 Å². The fourth-order valence-electron chi connectivity index (χ4n) is 15.6. The van der Waals surface area contributed by atoms with E-state index in [2.05, 4.69) is 29.6 Å². The second kappa shape index (κ2) is 23.1. The number of benzene rings is 6. The topological polar surface area (TPSA) is 194 Å². The Balaban J connectivity index is 0.000000172. The number of aromatic carboxylic acids is 1. The largest absolute Gasteiger partial charge is 1.00 e. The molecule has 2 aromatic heterocycles. The average Bonchev–Trinajstić information content (AvgIpc) is 1.52. The van der Waals surface area contributed by atoms with Gasteiger partial charge in [0.2, 0.25) is 11.8 Å². The fourth-order valence-corrected chi connectivity index (χ4v) is 16.3. The van der Waals surface area contributed by atoms with Crippen molar-refractivity contribution in [3.05, 3.63) is 186 Å². The number of amides is 2. The maximum atomic E-state index is 16.2. The van der Waals surface area contributed by atoms with Crippen molar-refractivity contribution in [2.75, 3.05) is 30.8 Å². The Morgan fingerprint density at radius 2 is 1.05 bits per heavy atom. The number of aryl methyl sites for hydroxylation is 2. The average molecular weight is 1270 g/mol. The first-order valence-electron chi connectivity index (χ1n) is 28.1. The summed E-state index contributed by atoms with van der Waals surface area (Å²) >= 11 is 25.5. The Kier molecular flexibility index (Phi) is 16.7. The van der Waals surface area contributed by atoms with Gasteiger partial charge in [0.15, 0.2) is 0 Å². The molecule has 22 heteroatoms. The number of rotatable bonds is 8. The van der Waals surface area contributed by atoms with E-state index in [9.17, 15) is 24.3 Å². The molecule has 4 N–H and O–H groups in total. The number of likely N-dealkylation sites (tertiary alicyclic amines) is 2. The first-order valence-corrected chi connectivity index (χ1v) is 29.6. The van der Waals surface area contributed by atoms with Gasteiger partial charge in [-0.3, -0.25) is 19.4 Å². The molecule has 446 valence electrons. The van der Waals surface area contributed by atoms with E-state index in [1.807, 2.05) is 18.2 Å². The predicted molar refractivity (Wildman–Crippen MR) is 326 cm³/mol. The molecule has 2 aliphatic carbocycles. The molecule has 0 radical (unpaired) electrons. The van der Waals surface area contributed by atoms with Crippen molar-refractivity contribution in [2.24, 2.45) is 11.8 Å². The van der Waals surface area contributed by atoms with Crippen molar-refractivity contribution < 1.29 is 72.8 Å². The minimum absolute atomic E-state index is 0. The van der Waals surface area contributed by atoms with E-state index < -0.39 is 46.5 Å². The third-order valence-electron chi connectivity index (χ3n) is 19.2. The molecule has 2 spiro atoms. The molecule has 15 nitrogen and oxygen atoms in total. The van der Waals surface area contributed by atoms with Crippen molar-refractivity contribution in [3.63, 3.8) is 0 Å². The zero-order valence-corrected chi connectivity index (χ0v) is 51.0. The first kappa shape index (κ1) is 62.6. The summed E-state index contributed by atoms with van der Waals surface area (Å²) in [5, 5.41) is 16.9. The zero-order valence-electron chi connectivity index (χ0n) is 46.0. The third kappa shape index (κ3) is 9.37. The first-order chi connectivity index (χ1) is 40.1. The zero-order chi connectivity index (χ0) is 57.1. The van der Waals surface area contributed by atoms with Crippen molar-refractivity contribution in [1.29, 1.82) is 0 Å². The second-order valence-electron chi connectivity index (χ2n) is 23.5. The number of hydrogen-bond donors (Lipinski definition) is 3. The van der Waals surface area contributed by atoms with E-state index in [1.165, 1.54) is 19.2 Å². The summed E-state index contributed by atoms with van der Waals surface area (Å²) < 4.78 is 41.6. The number of anilines is 2. The minimum Gasteiger partial charge on any atom is -0.870 e. The van der Waals surface area contributed by atoms with Crippen molar-refractivity contribution in [2.45, 2.75) is 113 Å². The maximum absolute atomic E-state index is 16.2. The number of carbonyl (C=O) groups excluding carboxylic acids is 3. The Morgan fingerprint density at radius 1 is 0.621 bits per heavy atom. The summed E-state index contributed by atoms with van der Waals surface area (Å²) in [6.07, 6.45) is 5.87. The molecule has 8 heterocycles. The molecule has 8 aliphatic rings. The molecule has 0 unspecified atom stereocenters. The summed E-state index contributed by atoms with van der Waals surface area (Å²) in [6.45, 7) is 2.76. The molecule has 2 saturated carbocycles. The number of imidazole rings is 2. The molecule has 8 atom stereocenters. The number of hydrogen-bond acceptors (Lipinski definition) is 10. The number of carboxylic acid groups (broad SMARTS) is 1. The smallest absolute Gasteiger partial charge is 0.870 e. The third-order valence-corrected chi connectivity index (χ3v) is 20.2. The summed E-state index contributed by atoms with van der Waals surface area (Å²) in [5.74, 6) is -2.44. The molecule has 16 rings (SSSR count). The molecular formula is C65H61Cl4F2N8NaO7. The molecule has 8 aromatic rings. The van der Waals surface area contributed by atoms with E-state index in [-0.39, 0.29) is 101 Å². The summed E-state index contributed by atoms with van der Waals surface area (Å²) in [4.78, 5) is 67.8. The van der Waals surface area contributed by atoms with Gasteiger partial charge in [-0.1, -0.05) is 97.7 Å². The van der Waals surface area contributed by atoms with Gasteiger partial charge in [-0.05, 0) is 134 Å². The predicted octanol–water partition coefficient (Wildman–Crippen LogP) is 11.0. The van der Waals surface area contributed by atoms with Gasteiger partial charge < -0.3 is 35.1 Å². The number of halogens is 6. The van der Waals surface area contributed by atoms with Gasteiger partial charge in [0.1, 0.15) is 34.4 Å². The van der Waals surface area contributed by atoms with E-state index >= 15 is 8.78 Å².